The zero-order chi connectivity index (χ0) is 14.7. The van der Waals surface area contributed by atoms with Crippen molar-refractivity contribution in [2.24, 2.45) is 5.92 Å². The summed E-state index contributed by atoms with van der Waals surface area (Å²) in [5, 5.41) is 13.2. The summed E-state index contributed by atoms with van der Waals surface area (Å²) in [6.45, 7) is 3.18. The summed E-state index contributed by atoms with van der Waals surface area (Å²) in [7, 11) is 0. The van der Waals surface area contributed by atoms with Crippen LogP contribution in [0.5, 0.6) is 0 Å². The second kappa shape index (κ2) is 6.41. The molecule has 0 amide bonds. The van der Waals surface area contributed by atoms with Gasteiger partial charge in [0.05, 0.1) is 12.4 Å². The predicted octanol–water partition coefficient (Wildman–Crippen LogP) is 2.68. The van der Waals surface area contributed by atoms with Crippen molar-refractivity contribution < 1.29 is 5.11 Å². The van der Waals surface area contributed by atoms with E-state index in [9.17, 15) is 5.11 Å². The lowest BCUT2D eigenvalue weighted by atomic mass is 10.1. The lowest BCUT2D eigenvalue weighted by Gasteiger charge is -2.18. The van der Waals surface area contributed by atoms with Crippen LogP contribution in [0.15, 0.2) is 43.0 Å². The Bertz CT molecular complexity index is 550. The molecule has 1 heterocycles. The van der Waals surface area contributed by atoms with Gasteiger partial charge in [0, 0.05) is 24.1 Å². The molecule has 1 aromatic carbocycles. The molecule has 0 saturated heterocycles. The van der Waals surface area contributed by atoms with Gasteiger partial charge in [-0.2, -0.15) is 0 Å². The van der Waals surface area contributed by atoms with Crippen LogP contribution >= 0.6 is 0 Å². The molecule has 0 spiro atoms. The van der Waals surface area contributed by atoms with Crippen LogP contribution in [-0.2, 0) is 0 Å². The standard InChI is InChI=1S/C17H23N3O/c1-13(19-11-14-2-7-17(21)10-14)15-3-5-16(6-4-15)20-9-8-18-12-20/h3-6,8-9,12-14,17,19,21H,2,7,10-11H2,1H3. The lowest BCUT2D eigenvalue weighted by Crippen LogP contribution is -2.25. The predicted molar refractivity (Wildman–Crippen MR) is 83.3 cm³/mol. The van der Waals surface area contributed by atoms with E-state index in [0.29, 0.717) is 12.0 Å². The van der Waals surface area contributed by atoms with Crippen molar-refractivity contribution >= 4 is 0 Å². The van der Waals surface area contributed by atoms with E-state index in [0.717, 1.165) is 31.5 Å². The average molecular weight is 285 g/mol. The first kappa shape index (κ1) is 14.3. The minimum absolute atomic E-state index is 0.0819. The van der Waals surface area contributed by atoms with Crippen molar-refractivity contribution in [3.8, 4) is 5.69 Å². The third-order valence-electron chi connectivity index (χ3n) is 4.42. The highest BCUT2D eigenvalue weighted by Gasteiger charge is 2.22. The normalized spacial score (nSPS) is 23.3. The van der Waals surface area contributed by atoms with Gasteiger partial charge in [0.25, 0.3) is 0 Å². The van der Waals surface area contributed by atoms with Crippen LogP contribution in [-0.4, -0.2) is 27.3 Å². The molecular formula is C17H23N3O. The third-order valence-corrected chi connectivity index (χ3v) is 4.42. The Kier molecular flexibility index (Phi) is 4.36. The van der Waals surface area contributed by atoms with Gasteiger partial charge in [0.15, 0.2) is 0 Å². The van der Waals surface area contributed by atoms with Gasteiger partial charge in [-0.25, -0.2) is 4.98 Å². The van der Waals surface area contributed by atoms with E-state index in [4.69, 9.17) is 0 Å². The van der Waals surface area contributed by atoms with E-state index in [-0.39, 0.29) is 6.10 Å². The van der Waals surface area contributed by atoms with Crippen LogP contribution in [0.25, 0.3) is 5.69 Å². The largest absolute Gasteiger partial charge is 0.393 e. The van der Waals surface area contributed by atoms with Gasteiger partial charge in [-0.05, 0) is 56.3 Å². The molecular weight excluding hydrogens is 262 g/mol. The molecule has 3 unspecified atom stereocenters. The number of aromatic nitrogens is 2. The van der Waals surface area contributed by atoms with E-state index < -0.39 is 0 Å². The molecule has 3 atom stereocenters. The number of aliphatic hydroxyl groups excluding tert-OH is 1. The van der Waals surface area contributed by atoms with E-state index >= 15 is 0 Å². The number of nitrogens with one attached hydrogen (secondary N) is 1. The van der Waals surface area contributed by atoms with Gasteiger partial charge in [0.1, 0.15) is 0 Å². The molecule has 0 radical (unpaired) electrons. The summed E-state index contributed by atoms with van der Waals surface area (Å²) in [6.07, 6.45) is 8.50. The fourth-order valence-corrected chi connectivity index (χ4v) is 3.04. The molecule has 1 fully saturated rings. The molecule has 1 saturated carbocycles. The molecule has 1 aliphatic carbocycles. The van der Waals surface area contributed by atoms with Crippen molar-refractivity contribution in [3.05, 3.63) is 48.5 Å². The smallest absolute Gasteiger partial charge is 0.0991 e. The van der Waals surface area contributed by atoms with Gasteiger partial charge >= 0.3 is 0 Å². The highest BCUT2D eigenvalue weighted by Crippen LogP contribution is 2.25. The van der Waals surface area contributed by atoms with Gasteiger partial charge in [-0.15, -0.1) is 0 Å². The molecule has 4 heteroatoms. The van der Waals surface area contributed by atoms with Crippen LogP contribution < -0.4 is 5.32 Å². The van der Waals surface area contributed by atoms with Gasteiger partial charge < -0.3 is 15.0 Å². The summed E-state index contributed by atoms with van der Waals surface area (Å²) in [5.74, 6) is 0.618. The Balaban J connectivity index is 1.56. The maximum absolute atomic E-state index is 9.57. The Morgan fingerprint density at radius 2 is 2.14 bits per heavy atom. The number of nitrogens with zero attached hydrogens (tertiary/aromatic N) is 2. The monoisotopic (exact) mass is 285 g/mol. The lowest BCUT2D eigenvalue weighted by molar-refractivity contribution is 0.177. The Labute approximate surface area is 125 Å². The fourth-order valence-electron chi connectivity index (χ4n) is 3.04. The van der Waals surface area contributed by atoms with Crippen LogP contribution in [0.4, 0.5) is 0 Å². The molecule has 21 heavy (non-hydrogen) atoms. The minimum atomic E-state index is -0.0819. The summed E-state index contributed by atoms with van der Waals surface area (Å²) >= 11 is 0. The maximum atomic E-state index is 9.57. The van der Waals surface area contributed by atoms with E-state index in [1.165, 1.54) is 5.56 Å². The van der Waals surface area contributed by atoms with Crippen LogP contribution in [0.2, 0.25) is 0 Å². The second-order valence-electron chi connectivity index (χ2n) is 6.02. The van der Waals surface area contributed by atoms with Crippen LogP contribution in [0, 0.1) is 5.92 Å². The molecule has 112 valence electrons. The van der Waals surface area contributed by atoms with Crippen molar-refractivity contribution in [2.75, 3.05) is 6.54 Å². The van der Waals surface area contributed by atoms with Crippen LogP contribution in [0.1, 0.15) is 37.8 Å². The van der Waals surface area contributed by atoms with Crippen LogP contribution in [0.3, 0.4) is 0 Å². The van der Waals surface area contributed by atoms with Gasteiger partial charge in [0.2, 0.25) is 0 Å². The third kappa shape index (κ3) is 3.52. The topological polar surface area (TPSA) is 50.1 Å². The molecule has 3 rings (SSSR count). The van der Waals surface area contributed by atoms with Gasteiger partial charge in [-0.1, -0.05) is 12.1 Å². The number of benzene rings is 1. The molecule has 0 aliphatic heterocycles. The first-order valence-corrected chi connectivity index (χ1v) is 7.72. The summed E-state index contributed by atoms with van der Waals surface area (Å²) in [4.78, 5) is 4.07. The minimum Gasteiger partial charge on any atom is -0.393 e. The number of rotatable bonds is 5. The fraction of sp³-hybridized carbons (Fsp3) is 0.471. The number of imidazole rings is 1. The highest BCUT2D eigenvalue weighted by molar-refractivity contribution is 5.35. The van der Waals surface area contributed by atoms with E-state index in [2.05, 4.69) is 41.5 Å². The zero-order valence-electron chi connectivity index (χ0n) is 12.4. The summed E-state index contributed by atoms with van der Waals surface area (Å²) in [6, 6.07) is 8.90. The molecule has 1 aliphatic rings. The molecule has 4 nitrogen and oxygen atoms in total. The maximum Gasteiger partial charge on any atom is 0.0991 e. The summed E-state index contributed by atoms with van der Waals surface area (Å²) < 4.78 is 2.00. The van der Waals surface area contributed by atoms with Crippen molar-refractivity contribution in [1.82, 2.24) is 14.9 Å². The quantitative estimate of drug-likeness (QED) is 0.888. The van der Waals surface area contributed by atoms with Crippen molar-refractivity contribution in [2.45, 2.75) is 38.3 Å². The highest BCUT2D eigenvalue weighted by atomic mass is 16.3. The summed E-state index contributed by atoms with van der Waals surface area (Å²) in [5.41, 5.74) is 2.42. The SMILES string of the molecule is CC(NCC1CCC(O)C1)c1ccc(-n2ccnc2)cc1. The Morgan fingerprint density at radius 3 is 2.76 bits per heavy atom. The van der Waals surface area contributed by atoms with E-state index in [1.54, 1.807) is 6.20 Å². The first-order valence-electron chi connectivity index (χ1n) is 7.72. The number of aliphatic hydroxyl groups is 1. The number of hydrogen-bond donors (Lipinski definition) is 2. The Morgan fingerprint density at radius 1 is 1.33 bits per heavy atom. The van der Waals surface area contributed by atoms with E-state index in [1.807, 2.05) is 17.1 Å². The second-order valence-corrected chi connectivity index (χ2v) is 6.02. The van der Waals surface area contributed by atoms with Crippen molar-refractivity contribution in [3.63, 3.8) is 0 Å². The molecule has 1 aromatic heterocycles. The number of hydrogen-bond acceptors (Lipinski definition) is 3. The van der Waals surface area contributed by atoms with Gasteiger partial charge in [-0.3, -0.25) is 0 Å². The Hall–Kier alpha value is -1.65. The zero-order valence-corrected chi connectivity index (χ0v) is 12.4. The average Bonchev–Trinajstić information content (AvgIpc) is 3.16. The van der Waals surface area contributed by atoms with Crippen molar-refractivity contribution in [1.29, 1.82) is 0 Å². The molecule has 2 N–H and O–H groups in total. The molecule has 2 aromatic rings. The first-order chi connectivity index (χ1) is 10.2. The molecule has 0 bridgehead atoms.